The summed E-state index contributed by atoms with van der Waals surface area (Å²) >= 11 is 0. The normalized spacial score (nSPS) is 10.2. The molecule has 3 aromatic rings. The molecule has 8 nitrogen and oxygen atoms in total. The van der Waals surface area contributed by atoms with Crippen LogP contribution in [0, 0.1) is 0 Å². The molecule has 3 rings (SSSR count). The maximum Gasteiger partial charge on any atom is 0.259 e. The quantitative estimate of drug-likeness (QED) is 0.665. The lowest BCUT2D eigenvalue weighted by Crippen LogP contribution is -2.15. The van der Waals surface area contributed by atoms with Crippen LogP contribution in [-0.4, -0.2) is 26.8 Å². The van der Waals surface area contributed by atoms with Gasteiger partial charge in [0.15, 0.2) is 0 Å². The number of hydrogen-bond donors (Lipinski definition) is 3. The van der Waals surface area contributed by atoms with Gasteiger partial charge in [0.2, 0.25) is 5.91 Å². The number of nitrogen functional groups attached to an aromatic ring is 1. The van der Waals surface area contributed by atoms with E-state index in [1.54, 1.807) is 48.9 Å². The molecular weight excluding hydrogens is 332 g/mol. The number of aromatic nitrogens is 3. The van der Waals surface area contributed by atoms with Crippen LogP contribution in [0.3, 0.4) is 0 Å². The second-order valence-corrected chi connectivity index (χ2v) is 5.50. The third-order valence-corrected chi connectivity index (χ3v) is 3.52. The van der Waals surface area contributed by atoms with Crippen molar-refractivity contribution in [1.82, 2.24) is 15.0 Å². The van der Waals surface area contributed by atoms with Crippen LogP contribution in [0.2, 0.25) is 0 Å². The number of rotatable bonds is 4. The molecule has 0 radical (unpaired) electrons. The molecule has 1 aromatic carbocycles. The van der Waals surface area contributed by atoms with Crippen LogP contribution in [0.25, 0.3) is 11.1 Å². The smallest absolute Gasteiger partial charge is 0.259 e. The van der Waals surface area contributed by atoms with E-state index in [0.717, 1.165) is 5.56 Å². The molecule has 4 N–H and O–H groups in total. The summed E-state index contributed by atoms with van der Waals surface area (Å²) in [6, 6.07) is 8.39. The number of carbonyl (C=O) groups excluding carboxylic acids is 2. The van der Waals surface area contributed by atoms with Crippen molar-refractivity contribution >= 4 is 29.0 Å². The van der Waals surface area contributed by atoms with Gasteiger partial charge in [0, 0.05) is 48.0 Å². The van der Waals surface area contributed by atoms with Crippen LogP contribution < -0.4 is 16.4 Å². The molecule has 0 spiro atoms. The molecule has 0 bridgehead atoms. The molecule has 0 saturated carbocycles. The van der Waals surface area contributed by atoms with Gasteiger partial charge in [-0.15, -0.1) is 0 Å². The summed E-state index contributed by atoms with van der Waals surface area (Å²) in [6.45, 7) is 1.43. The van der Waals surface area contributed by atoms with Gasteiger partial charge in [-0.1, -0.05) is 0 Å². The largest absolute Gasteiger partial charge is 0.383 e. The van der Waals surface area contributed by atoms with E-state index in [9.17, 15) is 9.59 Å². The molecule has 0 unspecified atom stereocenters. The number of nitrogens with zero attached hydrogens (tertiary/aromatic N) is 3. The van der Waals surface area contributed by atoms with Gasteiger partial charge in [-0.3, -0.25) is 9.59 Å². The topological polar surface area (TPSA) is 123 Å². The van der Waals surface area contributed by atoms with Crippen LogP contribution in [0.1, 0.15) is 17.3 Å². The minimum atomic E-state index is -0.388. The molecule has 0 aliphatic rings. The molecule has 2 aromatic heterocycles. The Balaban J connectivity index is 1.80. The summed E-state index contributed by atoms with van der Waals surface area (Å²) in [5.41, 5.74) is 8.72. The average Bonchev–Trinajstić information content (AvgIpc) is 2.64. The third kappa shape index (κ3) is 3.99. The van der Waals surface area contributed by atoms with Crippen molar-refractivity contribution < 1.29 is 9.59 Å². The zero-order chi connectivity index (χ0) is 18.5. The van der Waals surface area contributed by atoms with Crippen LogP contribution in [0.4, 0.5) is 17.2 Å². The lowest BCUT2D eigenvalue weighted by atomic mass is 10.1. The van der Waals surface area contributed by atoms with Crippen LogP contribution in [0.5, 0.6) is 0 Å². The van der Waals surface area contributed by atoms with E-state index in [0.29, 0.717) is 16.9 Å². The SMILES string of the molecule is CC(=O)Nc1ccc(NC(=O)c2cc(-c3cncnc3)cnc2N)cc1. The van der Waals surface area contributed by atoms with Crippen LogP contribution in [0.15, 0.2) is 55.2 Å². The summed E-state index contributed by atoms with van der Waals surface area (Å²) in [6.07, 6.45) is 6.24. The Bertz CT molecular complexity index is 942. The molecule has 8 heteroatoms. The number of hydrogen-bond acceptors (Lipinski definition) is 6. The number of carbonyl (C=O) groups is 2. The maximum absolute atomic E-state index is 12.5. The first-order chi connectivity index (χ1) is 12.5. The monoisotopic (exact) mass is 348 g/mol. The van der Waals surface area contributed by atoms with Crippen molar-refractivity contribution in [2.75, 3.05) is 16.4 Å². The number of amides is 2. The van der Waals surface area contributed by atoms with E-state index in [1.165, 1.54) is 13.3 Å². The predicted octanol–water partition coefficient (Wildman–Crippen LogP) is 2.33. The Labute approximate surface area is 149 Å². The Morgan fingerprint density at radius 3 is 2.15 bits per heavy atom. The highest BCUT2D eigenvalue weighted by Gasteiger charge is 2.13. The fraction of sp³-hybridized carbons (Fsp3) is 0.0556. The van der Waals surface area contributed by atoms with Crippen molar-refractivity contribution in [2.24, 2.45) is 0 Å². The summed E-state index contributed by atoms with van der Waals surface area (Å²) in [5.74, 6) is -0.429. The lowest BCUT2D eigenvalue weighted by Gasteiger charge is -2.10. The number of pyridine rings is 1. The first kappa shape index (κ1) is 17.0. The Kier molecular flexibility index (Phi) is 4.84. The van der Waals surface area contributed by atoms with Gasteiger partial charge in [0.1, 0.15) is 12.1 Å². The van der Waals surface area contributed by atoms with E-state index in [-0.39, 0.29) is 23.2 Å². The zero-order valence-electron chi connectivity index (χ0n) is 13.9. The highest BCUT2D eigenvalue weighted by molar-refractivity contribution is 6.08. The van der Waals surface area contributed by atoms with Crippen molar-refractivity contribution in [3.05, 3.63) is 60.8 Å². The summed E-state index contributed by atoms with van der Waals surface area (Å²) in [7, 11) is 0. The molecule has 0 aliphatic heterocycles. The molecule has 2 heterocycles. The summed E-state index contributed by atoms with van der Waals surface area (Å²) in [4.78, 5) is 35.6. The third-order valence-electron chi connectivity index (χ3n) is 3.52. The zero-order valence-corrected chi connectivity index (χ0v) is 13.9. The Hall–Kier alpha value is -3.81. The predicted molar refractivity (Wildman–Crippen MR) is 98.4 cm³/mol. The molecule has 130 valence electrons. The van der Waals surface area contributed by atoms with E-state index in [1.807, 2.05) is 0 Å². The molecule has 0 saturated heterocycles. The lowest BCUT2D eigenvalue weighted by molar-refractivity contribution is -0.114. The van der Waals surface area contributed by atoms with Gasteiger partial charge in [-0.2, -0.15) is 0 Å². The van der Waals surface area contributed by atoms with Gasteiger partial charge >= 0.3 is 0 Å². The molecule has 0 fully saturated rings. The molecule has 0 aliphatic carbocycles. The van der Waals surface area contributed by atoms with Gasteiger partial charge in [0.05, 0.1) is 5.56 Å². The maximum atomic E-state index is 12.5. The van der Waals surface area contributed by atoms with Crippen molar-refractivity contribution in [3.8, 4) is 11.1 Å². The van der Waals surface area contributed by atoms with Crippen LogP contribution >= 0.6 is 0 Å². The molecular formula is C18H16N6O2. The van der Waals surface area contributed by atoms with Gasteiger partial charge in [0.25, 0.3) is 5.91 Å². The minimum absolute atomic E-state index is 0.123. The van der Waals surface area contributed by atoms with Gasteiger partial charge in [-0.05, 0) is 30.3 Å². The van der Waals surface area contributed by atoms with Gasteiger partial charge in [-0.25, -0.2) is 15.0 Å². The minimum Gasteiger partial charge on any atom is -0.383 e. The Morgan fingerprint density at radius 2 is 1.54 bits per heavy atom. The first-order valence-electron chi connectivity index (χ1n) is 7.73. The second-order valence-electron chi connectivity index (χ2n) is 5.50. The fourth-order valence-corrected chi connectivity index (χ4v) is 2.30. The number of anilines is 3. The average molecular weight is 348 g/mol. The number of benzene rings is 1. The highest BCUT2D eigenvalue weighted by Crippen LogP contribution is 2.22. The second kappa shape index (κ2) is 7.39. The van der Waals surface area contributed by atoms with E-state index in [2.05, 4.69) is 25.6 Å². The Morgan fingerprint density at radius 1 is 0.923 bits per heavy atom. The summed E-state index contributed by atoms with van der Waals surface area (Å²) < 4.78 is 0. The van der Waals surface area contributed by atoms with Crippen molar-refractivity contribution in [1.29, 1.82) is 0 Å². The van der Waals surface area contributed by atoms with Crippen LogP contribution in [-0.2, 0) is 4.79 Å². The first-order valence-corrected chi connectivity index (χ1v) is 7.73. The summed E-state index contributed by atoms with van der Waals surface area (Å²) in [5, 5.41) is 5.41. The van der Waals surface area contributed by atoms with E-state index in [4.69, 9.17) is 5.73 Å². The molecule has 26 heavy (non-hydrogen) atoms. The fourth-order valence-electron chi connectivity index (χ4n) is 2.30. The van der Waals surface area contributed by atoms with Gasteiger partial charge < -0.3 is 16.4 Å². The number of nitrogens with two attached hydrogens (primary N) is 1. The van der Waals surface area contributed by atoms with Crippen molar-refractivity contribution in [3.63, 3.8) is 0 Å². The van der Waals surface area contributed by atoms with Crippen molar-refractivity contribution in [2.45, 2.75) is 6.92 Å². The van der Waals surface area contributed by atoms with E-state index < -0.39 is 0 Å². The molecule has 0 atom stereocenters. The molecule has 2 amide bonds. The highest BCUT2D eigenvalue weighted by atomic mass is 16.2. The van der Waals surface area contributed by atoms with E-state index >= 15 is 0 Å². The number of nitrogens with one attached hydrogen (secondary N) is 2. The standard InChI is InChI=1S/C18H16N6O2/c1-11(25)23-14-2-4-15(5-3-14)24-18(26)16-6-12(9-22-17(16)19)13-7-20-10-21-8-13/h2-10H,1H3,(H2,19,22)(H,23,25)(H,24,26).